The molecule has 150 valence electrons. The fraction of sp³-hybridized carbons (Fsp3) is 0.682. The largest absolute Gasteiger partial charge is 0.459 e. The normalized spacial score (nSPS) is 28.7. The van der Waals surface area contributed by atoms with E-state index in [1.165, 1.54) is 38.5 Å². The molecule has 0 N–H and O–H groups in total. The molecule has 0 saturated heterocycles. The minimum absolute atomic E-state index is 0.221. The van der Waals surface area contributed by atoms with Crippen molar-refractivity contribution in [3.8, 4) is 0 Å². The van der Waals surface area contributed by atoms with Crippen molar-refractivity contribution in [1.82, 2.24) is 0 Å². The Balaban J connectivity index is 1.46. The lowest BCUT2D eigenvalue weighted by atomic mass is 9.70. The van der Waals surface area contributed by atoms with Crippen LogP contribution in [0, 0.1) is 35.2 Å². The lowest BCUT2D eigenvalue weighted by Crippen LogP contribution is -2.29. The summed E-state index contributed by atoms with van der Waals surface area (Å²) in [6.45, 7) is 2.25. The number of benzene rings is 1. The van der Waals surface area contributed by atoms with Crippen molar-refractivity contribution in [2.75, 3.05) is 0 Å². The molecule has 0 spiro atoms. The van der Waals surface area contributed by atoms with E-state index < -0.39 is 23.4 Å². The quantitative estimate of drug-likeness (QED) is 0.433. The third-order valence-corrected chi connectivity index (χ3v) is 6.47. The van der Waals surface area contributed by atoms with E-state index in [2.05, 4.69) is 6.92 Å². The monoisotopic (exact) mass is 382 g/mol. The highest BCUT2D eigenvalue weighted by Crippen LogP contribution is 2.41. The number of hydrogen-bond acceptors (Lipinski definition) is 2. The third kappa shape index (κ3) is 5.05. The first-order valence-corrected chi connectivity index (χ1v) is 10.3. The molecule has 3 rings (SSSR count). The number of halogens is 3. The molecule has 0 aromatic heterocycles. The zero-order valence-corrected chi connectivity index (χ0v) is 16.0. The summed E-state index contributed by atoms with van der Waals surface area (Å²) in [6, 6.07) is 1.39. The van der Waals surface area contributed by atoms with Crippen LogP contribution in [0.4, 0.5) is 13.2 Å². The Hall–Kier alpha value is -1.52. The summed E-state index contributed by atoms with van der Waals surface area (Å²) in [7, 11) is 0. The Labute approximate surface area is 159 Å². The summed E-state index contributed by atoms with van der Waals surface area (Å²) >= 11 is 0. The number of hydrogen-bond donors (Lipinski definition) is 0. The Morgan fingerprint density at radius 3 is 1.96 bits per heavy atom. The van der Waals surface area contributed by atoms with Gasteiger partial charge in [-0.3, -0.25) is 0 Å². The van der Waals surface area contributed by atoms with Crippen LogP contribution in [-0.4, -0.2) is 12.1 Å². The van der Waals surface area contributed by atoms with E-state index >= 15 is 0 Å². The summed E-state index contributed by atoms with van der Waals surface area (Å²) in [5.74, 6) is -2.70. The maximum atomic E-state index is 13.3. The number of carbonyl (C=O) groups excluding carboxylic acids is 1. The summed E-state index contributed by atoms with van der Waals surface area (Å²) in [5, 5.41) is 0. The molecule has 0 unspecified atom stereocenters. The predicted octanol–water partition coefficient (Wildman–Crippen LogP) is 6.43. The Kier molecular flexibility index (Phi) is 6.83. The van der Waals surface area contributed by atoms with Gasteiger partial charge in [0.05, 0.1) is 5.56 Å². The van der Waals surface area contributed by atoms with Gasteiger partial charge in [-0.2, -0.15) is 0 Å². The van der Waals surface area contributed by atoms with Crippen LogP contribution in [0.2, 0.25) is 0 Å². The molecule has 0 radical (unpaired) electrons. The van der Waals surface area contributed by atoms with Gasteiger partial charge >= 0.3 is 5.97 Å². The molecule has 2 saturated carbocycles. The molecule has 1 aromatic rings. The second-order valence-electron chi connectivity index (χ2n) is 8.27. The van der Waals surface area contributed by atoms with Crippen molar-refractivity contribution in [1.29, 1.82) is 0 Å². The van der Waals surface area contributed by atoms with E-state index in [4.69, 9.17) is 4.74 Å². The number of esters is 1. The summed E-state index contributed by atoms with van der Waals surface area (Å²) < 4.78 is 45.0. The molecule has 0 bridgehead atoms. The minimum atomic E-state index is -1.57. The van der Waals surface area contributed by atoms with E-state index in [0.717, 1.165) is 37.5 Å². The SMILES string of the molecule is CCCC1CCC(C2CCC(OC(=O)c3cc(F)c(F)c(F)c3)CC2)CC1. The molecular weight excluding hydrogens is 353 g/mol. The third-order valence-electron chi connectivity index (χ3n) is 6.47. The Morgan fingerprint density at radius 1 is 0.926 bits per heavy atom. The molecule has 2 aliphatic carbocycles. The maximum Gasteiger partial charge on any atom is 0.338 e. The molecule has 0 atom stereocenters. The van der Waals surface area contributed by atoms with Crippen molar-refractivity contribution < 1.29 is 22.7 Å². The van der Waals surface area contributed by atoms with Crippen molar-refractivity contribution in [3.05, 3.63) is 35.1 Å². The zero-order chi connectivity index (χ0) is 19.4. The maximum absolute atomic E-state index is 13.3. The van der Waals surface area contributed by atoms with E-state index in [1.807, 2.05) is 0 Å². The number of ether oxygens (including phenoxy) is 1. The van der Waals surface area contributed by atoms with Crippen LogP contribution >= 0.6 is 0 Å². The van der Waals surface area contributed by atoms with Gasteiger partial charge in [-0.25, -0.2) is 18.0 Å². The lowest BCUT2D eigenvalue weighted by Gasteiger charge is -2.37. The molecule has 5 heteroatoms. The molecule has 0 aliphatic heterocycles. The van der Waals surface area contributed by atoms with Crippen LogP contribution in [0.15, 0.2) is 12.1 Å². The Morgan fingerprint density at radius 2 is 1.44 bits per heavy atom. The predicted molar refractivity (Wildman–Crippen MR) is 97.8 cm³/mol. The highest BCUT2D eigenvalue weighted by molar-refractivity contribution is 5.89. The van der Waals surface area contributed by atoms with Gasteiger partial charge in [-0.1, -0.05) is 32.6 Å². The highest BCUT2D eigenvalue weighted by atomic mass is 19.2. The molecular formula is C22H29F3O2. The second-order valence-corrected chi connectivity index (χ2v) is 8.27. The number of carbonyl (C=O) groups is 1. The summed E-state index contributed by atoms with van der Waals surface area (Å²) in [6.07, 6.45) is 11.4. The van der Waals surface area contributed by atoms with Crippen molar-refractivity contribution >= 4 is 5.97 Å². The minimum Gasteiger partial charge on any atom is -0.459 e. The van der Waals surface area contributed by atoms with Gasteiger partial charge in [0.2, 0.25) is 0 Å². The average Bonchev–Trinajstić information content (AvgIpc) is 2.67. The molecule has 2 nitrogen and oxygen atoms in total. The smallest absolute Gasteiger partial charge is 0.338 e. The van der Waals surface area contributed by atoms with Crippen LogP contribution in [0.25, 0.3) is 0 Å². The van der Waals surface area contributed by atoms with Crippen LogP contribution in [-0.2, 0) is 4.74 Å². The van der Waals surface area contributed by atoms with Gasteiger partial charge in [-0.05, 0) is 68.4 Å². The first-order valence-electron chi connectivity index (χ1n) is 10.3. The van der Waals surface area contributed by atoms with Gasteiger partial charge in [0.15, 0.2) is 17.5 Å². The van der Waals surface area contributed by atoms with Crippen LogP contribution in [0.1, 0.15) is 81.5 Å². The van der Waals surface area contributed by atoms with Crippen molar-refractivity contribution in [3.63, 3.8) is 0 Å². The standard InChI is InChI=1S/C22H29F3O2/c1-2-3-14-4-6-15(7-5-14)16-8-10-18(11-9-16)27-22(26)17-12-19(23)21(25)20(24)13-17/h12-16,18H,2-11H2,1H3. The molecule has 27 heavy (non-hydrogen) atoms. The van der Waals surface area contributed by atoms with E-state index in [9.17, 15) is 18.0 Å². The fourth-order valence-electron chi connectivity index (χ4n) is 4.93. The highest BCUT2D eigenvalue weighted by Gasteiger charge is 2.32. The van der Waals surface area contributed by atoms with Gasteiger partial charge in [0, 0.05) is 0 Å². The van der Waals surface area contributed by atoms with Crippen LogP contribution < -0.4 is 0 Å². The first-order chi connectivity index (χ1) is 13.0. The number of rotatable bonds is 5. The van der Waals surface area contributed by atoms with Crippen LogP contribution in [0.3, 0.4) is 0 Å². The van der Waals surface area contributed by atoms with Gasteiger partial charge in [-0.15, -0.1) is 0 Å². The molecule has 2 fully saturated rings. The lowest BCUT2D eigenvalue weighted by molar-refractivity contribution is 0.0108. The van der Waals surface area contributed by atoms with Crippen LogP contribution in [0.5, 0.6) is 0 Å². The van der Waals surface area contributed by atoms with Gasteiger partial charge in [0.1, 0.15) is 6.10 Å². The molecule has 0 amide bonds. The first kappa shape index (κ1) is 20.2. The van der Waals surface area contributed by atoms with E-state index in [-0.39, 0.29) is 11.7 Å². The zero-order valence-electron chi connectivity index (χ0n) is 16.0. The Bertz CT molecular complexity index is 622. The molecule has 2 aliphatic rings. The second kappa shape index (κ2) is 9.11. The topological polar surface area (TPSA) is 26.3 Å². The fourth-order valence-corrected chi connectivity index (χ4v) is 4.93. The van der Waals surface area contributed by atoms with Crippen molar-refractivity contribution in [2.24, 2.45) is 17.8 Å². The summed E-state index contributed by atoms with van der Waals surface area (Å²) in [5.41, 5.74) is -0.275. The van der Waals surface area contributed by atoms with Gasteiger partial charge < -0.3 is 4.74 Å². The van der Waals surface area contributed by atoms with E-state index in [0.29, 0.717) is 18.1 Å². The van der Waals surface area contributed by atoms with Crippen molar-refractivity contribution in [2.45, 2.75) is 77.2 Å². The van der Waals surface area contributed by atoms with E-state index in [1.54, 1.807) is 0 Å². The average molecular weight is 382 g/mol. The van der Waals surface area contributed by atoms with Gasteiger partial charge in [0.25, 0.3) is 0 Å². The molecule has 0 heterocycles. The summed E-state index contributed by atoms with van der Waals surface area (Å²) in [4.78, 5) is 12.1. The molecule has 1 aromatic carbocycles.